The van der Waals surface area contributed by atoms with E-state index in [-0.39, 0.29) is 0 Å². The van der Waals surface area contributed by atoms with Crippen LogP contribution in [0.2, 0.25) is 0 Å². The highest BCUT2D eigenvalue weighted by atomic mass is 14.9. The lowest BCUT2D eigenvalue weighted by Crippen LogP contribution is -2.35. The van der Waals surface area contributed by atoms with Crippen LogP contribution in [0.5, 0.6) is 0 Å². The van der Waals surface area contributed by atoms with Gasteiger partial charge < -0.3 is 5.32 Å². The Morgan fingerprint density at radius 2 is 1.95 bits per heavy atom. The smallest absolute Gasteiger partial charge is 0.0374 e. The van der Waals surface area contributed by atoms with E-state index in [0.29, 0.717) is 11.5 Å². The molecular formula is C18H29N. The number of benzene rings is 1. The molecule has 2 rings (SSSR count). The minimum Gasteiger partial charge on any atom is -0.309 e. The van der Waals surface area contributed by atoms with Crippen LogP contribution in [-0.2, 0) is 6.42 Å². The van der Waals surface area contributed by atoms with E-state index in [0.717, 1.165) is 13.0 Å². The van der Waals surface area contributed by atoms with Gasteiger partial charge in [-0.15, -0.1) is 0 Å². The zero-order valence-corrected chi connectivity index (χ0v) is 12.8. The van der Waals surface area contributed by atoms with Crippen LogP contribution in [0.3, 0.4) is 0 Å². The van der Waals surface area contributed by atoms with Crippen molar-refractivity contribution < 1.29 is 0 Å². The molecule has 1 aromatic carbocycles. The summed E-state index contributed by atoms with van der Waals surface area (Å²) in [5.74, 6) is 0. The Morgan fingerprint density at radius 1 is 1.21 bits per heavy atom. The van der Waals surface area contributed by atoms with Crippen molar-refractivity contribution >= 4 is 0 Å². The molecule has 1 N–H and O–H groups in total. The molecule has 1 aliphatic rings. The molecule has 1 heteroatoms. The average Bonchev–Trinajstić information content (AvgIpc) is 2.87. The van der Waals surface area contributed by atoms with Gasteiger partial charge in [0.05, 0.1) is 0 Å². The van der Waals surface area contributed by atoms with Gasteiger partial charge in [0.15, 0.2) is 0 Å². The molecule has 0 aliphatic heterocycles. The minimum atomic E-state index is 0.446. The molecule has 106 valence electrons. The summed E-state index contributed by atoms with van der Waals surface area (Å²) in [5, 5.41) is 3.82. The third-order valence-electron chi connectivity index (χ3n) is 4.73. The Bertz CT molecular complexity index is 390. The normalized spacial score (nSPS) is 19.5. The van der Waals surface area contributed by atoms with Gasteiger partial charge in [0.2, 0.25) is 0 Å². The topological polar surface area (TPSA) is 12.0 Å². The van der Waals surface area contributed by atoms with Gasteiger partial charge in [-0.05, 0) is 48.8 Å². The summed E-state index contributed by atoms with van der Waals surface area (Å²) in [5.41, 5.74) is 3.40. The predicted octanol–water partition coefficient (Wildman–Crippen LogP) is 4.87. The first kappa shape index (κ1) is 14.6. The van der Waals surface area contributed by atoms with Crippen molar-refractivity contribution in [2.45, 2.75) is 65.3 Å². The van der Waals surface area contributed by atoms with Crippen LogP contribution in [-0.4, -0.2) is 6.54 Å². The van der Waals surface area contributed by atoms with Crippen LogP contribution in [0, 0.1) is 5.41 Å². The highest BCUT2D eigenvalue weighted by molar-refractivity contribution is 5.28. The second-order valence-electron chi connectivity index (χ2n) is 6.35. The summed E-state index contributed by atoms with van der Waals surface area (Å²) in [7, 11) is 0. The van der Waals surface area contributed by atoms with Crippen molar-refractivity contribution in [1.29, 1.82) is 0 Å². The van der Waals surface area contributed by atoms with Gasteiger partial charge in [-0.2, -0.15) is 0 Å². The fourth-order valence-corrected chi connectivity index (χ4v) is 3.52. The zero-order chi connectivity index (χ0) is 13.7. The number of hydrogen-bond donors (Lipinski definition) is 1. The summed E-state index contributed by atoms with van der Waals surface area (Å²) in [6.07, 6.45) is 7.86. The Hall–Kier alpha value is -0.820. The van der Waals surface area contributed by atoms with Crippen molar-refractivity contribution in [2.75, 3.05) is 6.54 Å². The Balaban J connectivity index is 2.25. The molecule has 1 aliphatic carbocycles. The van der Waals surface area contributed by atoms with Gasteiger partial charge in [-0.3, -0.25) is 0 Å². The van der Waals surface area contributed by atoms with E-state index in [2.05, 4.69) is 50.4 Å². The fourth-order valence-electron chi connectivity index (χ4n) is 3.52. The van der Waals surface area contributed by atoms with E-state index in [4.69, 9.17) is 0 Å². The van der Waals surface area contributed by atoms with E-state index < -0.39 is 0 Å². The van der Waals surface area contributed by atoms with Crippen molar-refractivity contribution in [1.82, 2.24) is 5.32 Å². The van der Waals surface area contributed by atoms with Crippen LogP contribution >= 0.6 is 0 Å². The number of aryl methyl sites for hydroxylation is 1. The van der Waals surface area contributed by atoms with E-state index in [9.17, 15) is 0 Å². The summed E-state index contributed by atoms with van der Waals surface area (Å²) >= 11 is 0. The number of rotatable bonds is 6. The molecule has 0 bridgehead atoms. The Labute approximate surface area is 118 Å². The highest BCUT2D eigenvalue weighted by Crippen LogP contribution is 2.47. The molecule has 1 aromatic rings. The Morgan fingerprint density at radius 3 is 2.58 bits per heavy atom. The van der Waals surface area contributed by atoms with Gasteiger partial charge in [0, 0.05) is 6.04 Å². The van der Waals surface area contributed by atoms with E-state index in [1.165, 1.54) is 43.2 Å². The molecule has 0 amide bonds. The predicted molar refractivity (Wildman–Crippen MR) is 83.4 cm³/mol. The largest absolute Gasteiger partial charge is 0.309 e. The van der Waals surface area contributed by atoms with E-state index in [1.807, 2.05) is 0 Å². The fraction of sp³-hybridized carbons (Fsp3) is 0.667. The van der Waals surface area contributed by atoms with Crippen molar-refractivity contribution in [3.63, 3.8) is 0 Å². The monoisotopic (exact) mass is 259 g/mol. The summed E-state index contributed by atoms with van der Waals surface area (Å²) in [6.45, 7) is 8.09. The van der Waals surface area contributed by atoms with Gasteiger partial charge in [-0.1, -0.05) is 57.9 Å². The lowest BCUT2D eigenvalue weighted by atomic mass is 9.77. The van der Waals surface area contributed by atoms with E-state index >= 15 is 0 Å². The molecule has 1 atom stereocenters. The molecule has 0 spiro atoms. The molecule has 0 aromatic heterocycles. The first-order valence-electron chi connectivity index (χ1n) is 8.02. The molecule has 1 nitrogen and oxygen atoms in total. The van der Waals surface area contributed by atoms with Crippen LogP contribution in [0.1, 0.15) is 70.0 Å². The molecule has 19 heavy (non-hydrogen) atoms. The second kappa shape index (κ2) is 6.56. The minimum absolute atomic E-state index is 0.446. The number of nitrogens with one attached hydrogen (secondary N) is 1. The first-order valence-corrected chi connectivity index (χ1v) is 8.02. The van der Waals surface area contributed by atoms with Gasteiger partial charge in [0.25, 0.3) is 0 Å². The summed E-state index contributed by atoms with van der Waals surface area (Å²) < 4.78 is 0. The lowest BCUT2D eigenvalue weighted by molar-refractivity contribution is 0.223. The third-order valence-corrected chi connectivity index (χ3v) is 4.73. The first-order chi connectivity index (χ1) is 9.19. The molecule has 1 saturated carbocycles. The van der Waals surface area contributed by atoms with Crippen LogP contribution in [0.4, 0.5) is 0 Å². The maximum absolute atomic E-state index is 3.82. The maximum atomic E-state index is 3.82. The van der Waals surface area contributed by atoms with Crippen LogP contribution < -0.4 is 5.32 Å². The van der Waals surface area contributed by atoms with E-state index in [1.54, 1.807) is 0 Å². The molecule has 1 unspecified atom stereocenters. The van der Waals surface area contributed by atoms with Crippen molar-refractivity contribution in [3.8, 4) is 0 Å². The highest BCUT2D eigenvalue weighted by Gasteiger charge is 2.37. The van der Waals surface area contributed by atoms with Gasteiger partial charge in [-0.25, -0.2) is 0 Å². The van der Waals surface area contributed by atoms with Gasteiger partial charge in [0.1, 0.15) is 0 Å². The Kier molecular flexibility index (Phi) is 5.04. The second-order valence-corrected chi connectivity index (χ2v) is 6.35. The quantitative estimate of drug-likeness (QED) is 0.768. The molecular weight excluding hydrogens is 230 g/mol. The van der Waals surface area contributed by atoms with Crippen LogP contribution in [0.15, 0.2) is 24.3 Å². The maximum Gasteiger partial charge on any atom is 0.0374 e. The molecule has 0 heterocycles. The van der Waals surface area contributed by atoms with Gasteiger partial charge >= 0.3 is 0 Å². The molecule has 0 radical (unpaired) electrons. The molecule has 0 saturated heterocycles. The average molecular weight is 259 g/mol. The lowest BCUT2D eigenvalue weighted by Gasteiger charge is -2.35. The van der Waals surface area contributed by atoms with Crippen molar-refractivity contribution in [2.24, 2.45) is 5.41 Å². The summed E-state index contributed by atoms with van der Waals surface area (Å²) in [6, 6.07) is 9.73. The summed E-state index contributed by atoms with van der Waals surface area (Å²) in [4.78, 5) is 0. The molecule has 1 fully saturated rings. The number of hydrogen-bond acceptors (Lipinski definition) is 1. The standard InChI is InChI=1S/C18H29N/c1-4-13-19-17(18(3)11-6-7-12-18)16-10-8-9-15(5-2)14-16/h8-10,14,17,19H,4-7,11-13H2,1-3H3. The van der Waals surface area contributed by atoms with Crippen LogP contribution in [0.25, 0.3) is 0 Å². The third kappa shape index (κ3) is 3.39. The SMILES string of the molecule is CCCNC(c1cccc(CC)c1)C1(C)CCCC1. The zero-order valence-electron chi connectivity index (χ0n) is 12.8. The van der Waals surface area contributed by atoms with Crippen molar-refractivity contribution in [3.05, 3.63) is 35.4 Å².